The van der Waals surface area contributed by atoms with Gasteiger partial charge in [0.2, 0.25) is 5.91 Å². The van der Waals surface area contributed by atoms with Gasteiger partial charge >= 0.3 is 0 Å². The molecule has 6 nitrogen and oxygen atoms in total. The van der Waals surface area contributed by atoms with Crippen molar-refractivity contribution in [3.63, 3.8) is 0 Å². The highest BCUT2D eigenvalue weighted by Gasteiger charge is 2.16. The van der Waals surface area contributed by atoms with Crippen molar-refractivity contribution in [2.24, 2.45) is 0 Å². The van der Waals surface area contributed by atoms with E-state index < -0.39 is 10.2 Å². The summed E-state index contributed by atoms with van der Waals surface area (Å²) in [7, 11) is -2.22. The molecular weight excluding hydrogens is 230 g/mol. The van der Waals surface area contributed by atoms with E-state index in [2.05, 4.69) is 14.8 Å². The lowest BCUT2D eigenvalue weighted by Crippen LogP contribution is -2.44. The average molecular weight is 249 g/mol. The van der Waals surface area contributed by atoms with Gasteiger partial charge in [-0.05, 0) is 12.8 Å². The van der Waals surface area contributed by atoms with Gasteiger partial charge in [0.05, 0.1) is 6.54 Å². The van der Waals surface area contributed by atoms with Crippen molar-refractivity contribution in [3.8, 4) is 0 Å². The van der Waals surface area contributed by atoms with E-state index in [4.69, 9.17) is 0 Å². The first kappa shape index (κ1) is 13.4. The van der Waals surface area contributed by atoms with Crippen molar-refractivity contribution >= 4 is 16.1 Å². The maximum atomic E-state index is 11.4. The van der Waals surface area contributed by atoms with Crippen molar-refractivity contribution < 1.29 is 13.2 Å². The Kier molecular flexibility index (Phi) is 5.17. The van der Waals surface area contributed by atoms with Crippen LogP contribution >= 0.6 is 0 Å². The van der Waals surface area contributed by atoms with E-state index in [-0.39, 0.29) is 18.5 Å². The molecule has 0 unspecified atom stereocenters. The predicted octanol–water partition coefficient (Wildman–Crippen LogP) is -0.511. The molecule has 0 bridgehead atoms. The minimum absolute atomic E-state index is 0.209. The fraction of sp³-hybridized carbons (Fsp3) is 0.889. The minimum atomic E-state index is -3.52. The molecule has 1 aliphatic rings. The molecule has 16 heavy (non-hydrogen) atoms. The maximum absolute atomic E-state index is 11.4. The lowest BCUT2D eigenvalue weighted by atomic mass is 9.95. The summed E-state index contributed by atoms with van der Waals surface area (Å²) in [6, 6.07) is 0.209. The van der Waals surface area contributed by atoms with E-state index >= 15 is 0 Å². The number of hydrogen-bond donors (Lipinski definition) is 3. The molecule has 0 atom stereocenters. The molecule has 0 aliphatic heterocycles. The summed E-state index contributed by atoms with van der Waals surface area (Å²) in [5.74, 6) is -0.272. The SMILES string of the molecule is CNS(=O)(=O)NCC(=O)NC1CCCCC1. The normalized spacial score (nSPS) is 18.3. The van der Waals surface area contributed by atoms with Gasteiger partial charge in [-0.2, -0.15) is 13.1 Å². The summed E-state index contributed by atoms with van der Waals surface area (Å²) in [6.07, 6.45) is 5.47. The van der Waals surface area contributed by atoms with Crippen molar-refractivity contribution in [1.82, 2.24) is 14.8 Å². The summed E-state index contributed by atoms with van der Waals surface area (Å²) in [6.45, 7) is -0.209. The highest BCUT2D eigenvalue weighted by Crippen LogP contribution is 2.16. The van der Waals surface area contributed by atoms with Gasteiger partial charge in [0.1, 0.15) is 0 Å². The zero-order valence-electron chi connectivity index (χ0n) is 9.45. The molecule has 1 saturated carbocycles. The topological polar surface area (TPSA) is 87.3 Å². The van der Waals surface area contributed by atoms with Crippen LogP contribution in [0, 0.1) is 0 Å². The van der Waals surface area contributed by atoms with Gasteiger partial charge in [-0.1, -0.05) is 19.3 Å². The minimum Gasteiger partial charge on any atom is -0.352 e. The van der Waals surface area contributed by atoms with Crippen molar-refractivity contribution in [2.45, 2.75) is 38.1 Å². The molecule has 0 aromatic carbocycles. The second-order valence-electron chi connectivity index (χ2n) is 3.93. The Morgan fingerprint density at radius 1 is 1.25 bits per heavy atom. The fourth-order valence-corrected chi connectivity index (χ4v) is 2.22. The first-order valence-corrected chi connectivity index (χ1v) is 6.99. The van der Waals surface area contributed by atoms with Gasteiger partial charge in [0.25, 0.3) is 10.2 Å². The van der Waals surface area contributed by atoms with Crippen molar-refractivity contribution in [1.29, 1.82) is 0 Å². The molecule has 1 aliphatic carbocycles. The summed E-state index contributed by atoms with van der Waals surface area (Å²) in [4.78, 5) is 11.4. The molecule has 0 aromatic heterocycles. The van der Waals surface area contributed by atoms with Crippen LogP contribution in [-0.4, -0.2) is 34.0 Å². The van der Waals surface area contributed by atoms with Crippen LogP contribution in [0.3, 0.4) is 0 Å². The standard InChI is InChI=1S/C9H19N3O3S/c1-10-16(14,15)11-7-9(13)12-8-5-3-2-4-6-8/h8,10-11H,2-7H2,1H3,(H,12,13). The molecule has 1 fully saturated rings. The number of amides is 1. The molecule has 94 valence electrons. The molecule has 0 aromatic rings. The highest BCUT2D eigenvalue weighted by atomic mass is 32.2. The van der Waals surface area contributed by atoms with Crippen LogP contribution in [0.5, 0.6) is 0 Å². The zero-order valence-corrected chi connectivity index (χ0v) is 10.3. The molecule has 0 radical (unpaired) electrons. The smallest absolute Gasteiger partial charge is 0.277 e. The van der Waals surface area contributed by atoms with Crippen LogP contribution in [-0.2, 0) is 15.0 Å². The Labute approximate surface area is 96.4 Å². The number of carbonyl (C=O) groups is 1. The molecule has 0 saturated heterocycles. The van der Waals surface area contributed by atoms with E-state index in [9.17, 15) is 13.2 Å². The number of rotatable bonds is 5. The first-order valence-electron chi connectivity index (χ1n) is 5.51. The molecule has 1 amide bonds. The third kappa shape index (κ3) is 4.91. The average Bonchev–Trinajstić information content (AvgIpc) is 2.28. The monoisotopic (exact) mass is 249 g/mol. The van der Waals surface area contributed by atoms with Crippen molar-refractivity contribution in [2.75, 3.05) is 13.6 Å². The van der Waals surface area contributed by atoms with Crippen LogP contribution in [0.25, 0.3) is 0 Å². The second-order valence-corrected chi connectivity index (χ2v) is 5.63. The number of nitrogens with one attached hydrogen (secondary N) is 3. The summed E-state index contributed by atoms with van der Waals surface area (Å²) in [5.41, 5.74) is 0. The van der Waals surface area contributed by atoms with Gasteiger partial charge < -0.3 is 5.32 Å². The second kappa shape index (κ2) is 6.17. The molecule has 0 spiro atoms. The lowest BCUT2D eigenvalue weighted by molar-refractivity contribution is -0.120. The summed E-state index contributed by atoms with van der Waals surface area (Å²) < 4.78 is 26.2. The maximum Gasteiger partial charge on any atom is 0.277 e. The highest BCUT2D eigenvalue weighted by molar-refractivity contribution is 7.87. The summed E-state index contributed by atoms with van der Waals surface area (Å²) in [5, 5.41) is 2.82. The first-order chi connectivity index (χ1) is 7.53. The Balaban J connectivity index is 2.25. The quantitative estimate of drug-likeness (QED) is 0.613. The van der Waals surface area contributed by atoms with Crippen LogP contribution in [0.1, 0.15) is 32.1 Å². The molecule has 3 N–H and O–H groups in total. The van der Waals surface area contributed by atoms with Gasteiger partial charge in [-0.25, -0.2) is 4.72 Å². The molecule has 7 heteroatoms. The van der Waals surface area contributed by atoms with E-state index in [0.29, 0.717) is 0 Å². The van der Waals surface area contributed by atoms with Crippen LogP contribution in [0.15, 0.2) is 0 Å². The summed E-state index contributed by atoms with van der Waals surface area (Å²) >= 11 is 0. The third-order valence-corrected chi connectivity index (χ3v) is 3.72. The molecular formula is C9H19N3O3S. The molecule has 1 rings (SSSR count). The van der Waals surface area contributed by atoms with Gasteiger partial charge in [-0.3, -0.25) is 4.79 Å². The Hall–Kier alpha value is -0.660. The molecule has 0 heterocycles. The Morgan fingerprint density at radius 2 is 1.88 bits per heavy atom. The van der Waals surface area contributed by atoms with Gasteiger partial charge in [0.15, 0.2) is 0 Å². The van der Waals surface area contributed by atoms with Crippen LogP contribution in [0.4, 0.5) is 0 Å². The largest absolute Gasteiger partial charge is 0.352 e. The van der Waals surface area contributed by atoms with E-state index in [0.717, 1.165) is 25.7 Å². The van der Waals surface area contributed by atoms with E-state index in [1.807, 2.05) is 0 Å². The zero-order chi connectivity index (χ0) is 12.0. The van der Waals surface area contributed by atoms with Crippen molar-refractivity contribution in [3.05, 3.63) is 0 Å². The number of hydrogen-bond acceptors (Lipinski definition) is 3. The lowest BCUT2D eigenvalue weighted by Gasteiger charge is -2.22. The fourth-order valence-electron chi connectivity index (χ4n) is 1.76. The Morgan fingerprint density at radius 3 is 2.44 bits per heavy atom. The van der Waals surface area contributed by atoms with Gasteiger partial charge in [0, 0.05) is 13.1 Å². The predicted molar refractivity (Wildman–Crippen MR) is 61.0 cm³/mol. The van der Waals surface area contributed by atoms with Crippen LogP contribution < -0.4 is 14.8 Å². The van der Waals surface area contributed by atoms with Gasteiger partial charge in [-0.15, -0.1) is 0 Å². The van der Waals surface area contributed by atoms with Crippen LogP contribution in [0.2, 0.25) is 0 Å². The van der Waals surface area contributed by atoms with E-state index in [1.165, 1.54) is 13.5 Å². The third-order valence-electron chi connectivity index (χ3n) is 2.66. The number of carbonyl (C=O) groups excluding carboxylic acids is 1. The van der Waals surface area contributed by atoms with E-state index in [1.54, 1.807) is 0 Å². The Bertz CT molecular complexity index is 323.